The minimum absolute atomic E-state index is 0.0263. The Morgan fingerprint density at radius 1 is 1.43 bits per heavy atom. The lowest BCUT2D eigenvalue weighted by atomic mass is 10.1. The number of piperidine rings is 1. The van der Waals surface area contributed by atoms with E-state index >= 15 is 0 Å². The Bertz CT molecular complexity index is 500. The molecule has 6 nitrogen and oxygen atoms in total. The molecular formula is C13H16BrClN2O4. The molecule has 1 fully saturated rings. The smallest absolute Gasteiger partial charge is 0.409 e. The molecule has 1 aromatic rings. The molecule has 0 radical (unpaired) electrons. The first-order chi connectivity index (χ1) is 10.1. The highest BCUT2D eigenvalue weighted by atomic mass is 79.9. The first-order valence-corrected chi connectivity index (χ1v) is 7.96. The Labute approximate surface area is 135 Å². The monoisotopic (exact) mass is 378 g/mol. The maximum absolute atomic E-state index is 11.9. The van der Waals surface area contributed by atoms with E-state index in [9.17, 15) is 9.59 Å². The van der Waals surface area contributed by atoms with Crippen molar-refractivity contribution in [2.24, 2.45) is 0 Å². The molecule has 1 aliphatic heterocycles. The van der Waals surface area contributed by atoms with Crippen molar-refractivity contribution in [2.45, 2.75) is 18.9 Å². The van der Waals surface area contributed by atoms with Gasteiger partial charge in [-0.3, -0.25) is 4.79 Å². The van der Waals surface area contributed by atoms with Crippen LogP contribution in [0.5, 0.6) is 0 Å². The Morgan fingerprint density at radius 3 is 2.71 bits per heavy atom. The summed E-state index contributed by atoms with van der Waals surface area (Å²) in [5, 5.41) is 2.90. The molecule has 0 unspecified atom stereocenters. The van der Waals surface area contributed by atoms with Crippen LogP contribution in [0.25, 0.3) is 0 Å². The van der Waals surface area contributed by atoms with Crippen molar-refractivity contribution in [3.8, 4) is 0 Å². The summed E-state index contributed by atoms with van der Waals surface area (Å²) in [7, 11) is 0. The van der Waals surface area contributed by atoms with Crippen LogP contribution in [0.4, 0.5) is 4.79 Å². The molecule has 21 heavy (non-hydrogen) atoms. The maximum atomic E-state index is 11.9. The molecular weight excluding hydrogens is 364 g/mol. The summed E-state index contributed by atoms with van der Waals surface area (Å²) in [6.07, 6.45) is 1.02. The van der Waals surface area contributed by atoms with Gasteiger partial charge in [0.15, 0.2) is 10.4 Å². The molecule has 2 heterocycles. The standard InChI is InChI=1S/C13H16BrClN2O4/c14-11-2-1-10(21-11)12(18)16-9-3-6-17(7-4-9)13(19)20-8-5-15/h1-2,9H,3-8H2,(H,16,18). The van der Waals surface area contributed by atoms with Crippen LogP contribution in [0.3, 0.4) is 0 Å². The van der Waals surface area contributed by atoms with Gasteiger partial charge in [-0.1, -0.05) is 0 Å². The quantitative estimate of drug-likeness (QED) is 0.816. The highest BCUT2D eigenvalue weighted by molar-refractivity contribution is 9.10. The molecule has 1 saturated heterocycles. The van der Waals surface area contributed by atoms with Crippen LogP contribution in [-0.2, 0) is 4.74 Å². The zero-order chi connectivity index (χ0) is 15.2. The number of halogens is 2. The second-order valence-corrected chi connectivity index (χ2v) is 5.80. The van der Waals surface area contributed by atoms with Crippen LogP contribution < -0.4 is 5.32 Å². The predicted molar refractivity (Wildman–Crippen MR) is 80.5 cm³/mol. The molecule has 1 aromatic heterocycles. The fourth-order valence-electron chi connectivity index (χ4n) is 2.12. The Balaban J connectivity index is 1.76. The van der Waals surface area contributed by atoms with Crippen LogP contribution >= 0.6 is 27.5 Å². The highest BCUT2D eigenvalue weighted by Gasteiger charge is 2.25. The Hall–Kier alpha value is -1.21. The number of hydrogen-bond acceptors (Lipinski definition) is 4. The van der Waals surface area contributed by atoms with Gasteiger partial charge in [-0.25, -0.2) is 4.79 Å². The van der Waals surface area contributed by atoms with Crippen molar-refractivity contribution in [1.82, 2.24) is 10.2 Å². The summed E-state index contributed by atoms with van der Waals surface area (Å²) >= 11 is 8.63. The number of amides is 2. The first kappa shape index (κ1) is 16.2. The average molecular weight is 380 g/mol. The second kappa shape index (κ2) is 7.70. The van der Waals surface area contributed by atoms with Crippen molar-refractivity contribution < 1.29 is 18.7 Å². The van der Waals surface area contributed by atoms with Gasteiger partial charge in [0.2, 0.25) is 0 Å². The fourth-order valence-corrected chi connectivity index (χ4v) is 2.50. The molecule has 0 spiro atoms. The van der Waals surface area contributed by atoms with Gasteiger partial charge in [0.05, 0.1) is 5.88 Å². The third-order valence-corrected chi connectivity index (χ3v) is 3.77. The summed E-state index contributed by atoms with van der Waals surface area (Å²) < 4.78 is 10.7. The van der Waals surface area contributed by atoms with Gasteiger partial charge in [-0.05, 0) is 40.9 Å². The topological polar surface area (TPSA) is 71.8 Å². The van der Waals surface area contributed by atoms with Crippen molar-refractivity contribution in [3.05, 3.63) is 22.6 Å². The number of nitrogens with zero attached hydrogens (tertiary/aromatic N) is 1. The van der Waals surface area contributed by atoms with Crippen molar-refractivity contribution >= 4 is 39.5 Å². The summed E-state index contributed by atoms with van der Waals surface area (Å²) in [6.45, 7) is 1.31. The molecule has 0 bridgehead atoms. The third-order valence-electron chi connectivity index (χ3n) is 3.19. The normalized spacial score (nSPS) is 15.8. The number of ether oxygens (including phenoxy) is 1. The lowest BCUT2D eigenvalue weighted by molar-refractivity contribution is 0.0841. The molecule has 2 amide bonds. The van der Waals surface area contributed by atoms with Crippen molar-refractivity contribution in [2.75, 3.05) is 25.6 Å². The molecule has 0 saturated carbocycles. The lowest BCUT2D eigenvalue weighted by Crippen LogP contribution is -2.46. The maximum Gasteiger partial charge on any atom is 0.409 e. The number of nitrogens with one attached hydrogen (secondary N) is 1. The largest absolute Gasteiger partial charge is 0.448 e. The minimum atomic E-state index is -0.351. The van der Waals surface area contributed by atoms with Gasteiger partial charge in [0.1, 0.15) is 6.61 Å². The second-order valence-electron chi connectivity index (χ2n) is 4.64. The molecule has 0 aliphatic carbocycles. The van der Waals surface area contributed by atoms with E-state index in [0.29, 0.717) is 30.6 Å². The van der Waals surface area contributed by atoms with Gasteiger partial charge in [0.25, 0.3) is 5.91 Å². The van der Waals surface area contributed by atoms with Crippen LogP contribution in [0.2, 0.25) is 0 Å². The lowest BCUT2D eigenvalue weighted by Gasteiger charge is -2.31. The van der Waals surface area contributed by atoms with E-state index < -0.39 is 0 Å². The average Bonchev–Trinajstić information content (AvgIpc) is 2.92. The summed E-state index contributed by atoms with van der Waals surface area (Å²) in [5.41, 5.74) is 0. The first-order valence-electron chi connectivity index (χ1n) is 6.64. The van der Waals surface area contributed by atoms with E-state index in [0.717, 1.165) is 0 Å². The van der Waals surface area contributed by atoms with Gasteiger partial charge in [-0.15, -0.1) is 11.6 Å². The van der Waals surface area contributed by atoms with Gasteiger partial charge < -0.3 is 19.4 Å². The molecule has 1 N–H and O–H groups in total. The van der Waals surface area contributed by atoms with E-state index in [2.05, 4.69) is 21.2 Å². The zero-order valence-electron chi connectivity index (χ0n) is 11.3. The molecule has 8 heteroatoms. The SMILES string of the molecule is O=C(NC1CCN(C(=O)OCCCl)CC1)c1ccc(Br)o1. The molecule has 116 valence electrons. The minimum Gasteiger partial charge on any atom is -0.448 e. The molecule has 2 rings (SSSR count). The number of rotatable bonds is 4. The molecule has 0 aromatic carbocycles. The van der Waals surface area contributed by atoms with Crippen molar-refractivity contribution in [1.29, 1.82) is 0 Å². The summed E-state index contributed by atoms with van der Waals surface area (Å²) in [5.74, 6) is 0.312. The van der Waals surface area contributed by atoms with Crippen molar-refractivity contribution in [3.63, 3.8) is 0 Å². The van der Waals surface area contributed by atoms with Crippen LogP contribution in [0.15, 0.2) is 21.2 Å². The van der Waals surface area contributed by atoms with E-state index in [1.807, 2.05) is 0 Å². The summed E-state index contributed by atoms with van der Waals surface area (Å²) in [6, 6.07) is 3.31. The van der Waals surface area contributed by atoms with Gasteiger partial charge in [-0.2, -0.15) is 0 Å². The van der Waals surface area contributed by atoms with Crippen LogP contribution in [0.1, 0.15) is 23.4 Å². The fraction of sp³-hybridized carbons (Fsp3) is 0.538. The third kappa shape index (κ3) is 4.64. The highest BCUT2D eigenvalue weighted by Crippen LogP contribution is 2.16. The number of carbonyl (C=O) groups excluding carboxylic acids is 2. The Kier molecular flexibility index (Phi) is 5.93. The number of carbonyl (C=O) groups is 2. The van der Waals surface area contributed by atoms with Gasteiger partial charge >= 0.3 is 6.09 Å². The number of alkyl halides is 1. The van der Waals surface area contributed by atoms with E-state index in [4.69, 9.17) is 20.8 Å². The zero-order valence-corrected chi connectivity index (χ0v) is 13.7. The van der Waals surface area contributed by atoms with Crippen LogP contribution in [0, 0.1) is 0 Å². The van der Waals surface area contributed by atoms with E-state index in [1.54, 1.807) is 17.0 Å². The summed E-state index contributed by atoms with van der Waals surface area (Å²) in [4.78, 5) is 25.2. The molecule has 1 aliphatic rings. The predicted octanol–water partition coefficient (Wildman–Crippen LogP) is 2.61. The number of hydrogen-bond donors (Lipinski definition) is 1. The van der Waals surface area contributed by atoms with E-state index in [-0.39, 0.29) is 36.3 Å². The molecule has 0 atom stereocenters. The van der Waals surface area contributed by atoms with Crippen LogP contribution in [-0.4, -0.2) is 48.5 Å². The van der Waals surface area contributed by atoms with Gasteiger partial charge in [0, 0.05) is 19.1 Å². The Morgan fingerprint density at radius 2 is 2.14 bits per heavy atom. The number of likely N-dealkylation sites (tertiary alicyclic amines) is 1. The van der Waals surface area contributed by atoms with E-state index in [1.165, 1.54) is 0 Å². The number of furan rings is 1.